The fourth-order valence-corrected chi connectivity index (χ4v) is 2.21. The van der Waals surface area contributed by atoms with E-state index in [1.54, 1.807) is 7.11 Å². The van der Waals surface area contributed by atoms with Gasteiger partial charge in [-0.15, -0.1) is 0 Å². The van der Waals surface area contributed by atoms with E-state index in [0.717, 1.165) is 30.1 Å². The Morgan fingerprint density at radius 1 is 1.10 bits per heavy atom. The van der Waals surface area contributed by atoms with Crippen LogP contribution in [-0.4, -0.2) is 13.7 Å². The van der Waals surface area contributed by atoms with E-state index in [2.05, 4.69) is 6.92 Å². The van der Waals surface area contributed by atoms with Crippen LogP contribution in [-0.2, 0) is 0 Å². The third-order valence-electron chi connectivity index (χ3n) is 3.47. The number of methoxy groups -OCH3 is 1. The molecule has 0 aliphatic carbocycles. The largest absolute Gasteiger partial charge is 0.497 e. The minimum atomic E-state index is -0.0274. The highest BCUT2D eigenvalue weighted by Gasteiger charge is 2.09. The number of ether oxygens (including phenoxy) is 2. The molecule has 0 saturated heterocycles. The predicted octanol–water partition coefficient (Wildman–Crippen LogP) is 4.45. The van der Waals surface area contributed by atoms with Crippen molar-refractivity contribution in [2.45, 2.75) is 58.4 Å². The van der Waals surface area contributed by atoms with Crippen molar-refractivity contribution in [3.63, 3.8) is 0 Å². The van der Waals surface area contributed by atoms with Crippen LogP contribution in [0.2, 0.25) is 0 Å². The van der Waals surface area contributed by atoms with Crippen molar-refractivity contribution in [1.29, 1.82) is 0 Å². The van der Waals surface area contributed by atoms with Gasteiger partial charge in [-0.3, -0.25) is 0 Å². The molecule has 0 amide bonds. The van der Waals surface area contributed by atoms with Gasteiger partial charge in [0.2, 0.25) is 0 Å². The summed E-state index contributed by atoms with van der Waals surface area (Å²) in [6.45, 7) is 4.96. The first-order valence-electron chi connectivity index (χ1n) is 7.75. The number of hydrogen-bond donors (Lipinski definition) is 1. The molecule has 0 fully saturated rings. The second-order valence-corrected chi connectivity index (χ2v) is 5.31. The van der Waals surface area contributed by atoms with Gasteiger partial charge in [-0.25, -0.2) is 0 Å². The standard InChI is InChI=1S/C17H29NO2/c1-4-5-6-7-8-9-12-20-17-13-15(19-3)10-11-16(17)14(2)18/h10-11,13-14H,4-9,12,18H2,1-3H3/t14-/m1/s1. The Kier molecular flexibility index (Phi) is 8.12. The lowest BCUT2D eigenvalue weighted by atomic mass is 10.1. The molecular formula is C17H29NO2. The summed E-state index contributed by atoms with van der Waals surface area (Å²) >= 11 is 0. The molecule has 0 aromatic heterocycles. The van der Waals surface area contributed by atoms with Crippen molar-refractivity contribution in [2.24, 2.45) is 5.73 Å². The quantitative estimate of drug-likeness (QED) is 0.643. The molecule has 114 valence electrons. The summed E-state index contributed by atoms with van der Waals surface area (Å²) in [6.07, 6.45) is 7.59. The van der Waals surface area contributed by atoms with Crippen LogP contribution < -0.4 is 15.2 Å². The fourth-order valence-electron chi connectivity index (χ4n) is 2.21. The zero-order chi connectivity index (χ0) is 14.8. The van der Waals surface area contributed by atoms with Gasteiger partial charge in [0.25, 0.3) is 0 Å². The highest BCUT2D eigenvalue weighted by atomic mass is 16.5. The van der Waals surface area contributed by atoms with Crippen molar-refractivity contribution in [2.75, 3.05) is 13.7 Å². The van der Waals surface area contributed by atoms with E-state index in [1.807, 2.05) is 25.1 Å². The summed E-state index contributed by atoms with van der Waals surface area (Å²) in [7, 11) is 1.67. The number of hydrogen-bond acceptors (Lipinski definition) is 3. The van der Waals surface area contributed by atoms with Crippen LogP contribution in [0.5, 0.6) is 11.5 Å². The molecule has 1 atom stereocenters. The van der Waals surface area contributed by atoms with Crippen LogP contribution in [0.25, 0.3) is 0 Å². The van der Waals surface area contributed by atoms with E-state index in [1.165, 1.54) is 32.1 Å². The van der Waals surface area contributed by atoms with Gasteiger partial charge >= 0.3 is 0 Å². The Morgan fingerprint density at radius 2 is 1.80 bits per heavy atom. The van der Waals surface area contributed by atoms with E-state index in [4.69, 9.17) is 15.2 Å². The van der Waals surface area contributed by atoms with E-state index in [0.29, 0.717) is 0 Å². The van der Waals surface area contributed by atoms with E-state index >= 15 is 0 Å². The monoisotopic (exact) mass is 279 g/mol. The summed E-state index contributed by atoms with van der Waals surface area (Å²) in [6, 6.07) is 5.81. The van der Waals surface area contributed by atoms with Gasteiger partial charge < -0.3 is 15.2 Å². The lowest BCUT2D eigenvalue weighted by molar-refractivity contribution is 0.298. The van der Waals surface area contributed by atoms with Gasteiger partial charge in [0.15, 0.2) is 0 Å². The van der Waals surface area contributed by atoms with Crippen LogP contribution >= 0.6 is 0 Å². The molecule has 2 N–H and O–H groups in total. The Morgan fingerprint density at radius 3 is 2.45 bits per heavy atom. The third kappa shape index (κ3) is 5.83. The molecule has 3 heteroatoms. The maximum atomic E-state index is 5.97. The summed E-state index contributed by atoms with van der Waals surface area (Å²) in [4.78, 5) is 0. The zero-order valence-electron chi connectivity index (χ0n) is 13.2. The number of rotatable bonds is 10. The second kappa shape index (κ2) is 9.65. The molecule has 0 spiro atoms. The van der Waals surface area contributed by atoms with Crippen molar-refractivity contribution < 1.29 is 9.47 Å². The molecule has 20 heavy (non-hydrogen) atoms. The molecule has 3 nitrogen and oxygen atoms in total. The highest BCUT2D eigenvalue weighted by Crippen LogP contribution is 2.28. The number of benzene rings is 1. The van der Waals surface area contributed by atoms with Gasteiger partial charge in [-0.1, -0.05) is 45.1 Å². The first-order valence-corrected chi connectivity index (χ1v) is 7.75. The van der Waals surface area contributed by atoms with Crippen LogP contribution in [0.3, 0.4) is 0 Å². The second-order valence-electron chi connectivity index (χ2n) is 5.31. The van der Waals surface area contributed by atoms with Crippen LogP contribution in [0.15, 0.2) is 18.2 Å². The lowest BCUT2D eigenvalue weighted by Crippen LogP contribution is -2.09. The van der Waals surface area contributed by atoms with E-state index < -0.39 is 0 Å². The molecule has 0 aliphatic rings. The molecular weight excluding hydrogens is 250 g/mol. The van der Waals surface area contributed by atoms with Crippen LogP contribution in [0.4, 0.5) is 0 Å². The lowest BCUT2D eigenvalue weighted by Gasteiger charge is -2.15. The van der Waals surface area contributed by atoms with Crippen molar-refractivity contribution in [3.05, 3.63) is 23.8 Å². The van der Waals surface area contributed by atoms with Gasteiger partial charge in [-0.05, 0) is 19.4 Å². The van der Waals surface area contributed by atoms with Gasteiger partial charge in [-0.2, -0.15) is 0 Å². The average molecular weight is 279 g/mol. The highest BCUT2D eigenvalue weighted by molar-refractivity contribution is 5.42. The number of nitrogens with two attached hydrogens (primary N) is 1. The molecule has 0 bridgehead atoms. The first-order chi connectivity index (χ1) is 9.69. The molecule has 0 heterocycles. The van der Waals surface area contributed by atoms with Crippen LogP contribution in [0.1, 0.15) is 64.0 Å². The molecule has 1 rings (SSSR count). The van der Waals surface area contributed by atoms with Gasteiger partial charge in [0, 0.05) is 17.7 Å². The van der Waals surface area contributed by atoms with Crippen molar-refractivity contribution in [1.82, 2.24) is 0 Å². The molecule has 0 unspecified atom stereocenters. The SMILES string of the molecule is CCCCCCCCOc1cc(OC)ccc1[C@@H](C)N. The topological polar surface area (TPSA) is 44.5 Å². The Labute approximate surface area is 123 Å². The Bertz CT molecular complexity index is 377. The fraction of sp³-hybridized carbons (Fsp3) is 0.647. The normalized spacial score (nSPS) is 12.2. The average Bonchev–Trinajstić information content (AvgIpc) is 2.45. The summed E-state index contributed by atoms with van der Waals surface area (Å²) < 4.78 is 11.1. The maximum absolute atomic E-state index is 5.97. The summed E-state index contributed by atoms with van der Waals surface area (Å²) in [5, 5.41) is 0. The summed E-state index contributed by atoms with van der Waals surface area (Å²) in [5.41, 5.74) is 7.01. The minimum absolute atomic E-state index is 0.0274. The van der Waals surface area contributed by atoms with Gasteiger partial charge in [0.05, 0.1) is 13.7 Å². The van der Waals surface area contributed by atoms with Crippen LogP contribution in [0, 0.1) is 0 Å². The molecule has 0 saturated carbocycles. The zero-order valence-corrected chi connectivity index (χ0v) is 13.2. The maximum Gasteiger partial charge on any atom is 0.127 e. The van der Waals surface area contributed by atoms with Gasteiger partial charge in [0.1, 0.15) is 11.5 Å². The minimum Gasteiger partial charge on any atom is -0.497 e. The molecule has 1 aromatic rings. The van der Waals surface area contributed by atoms with E-state index in [9.17, 15) is 0 Å². The summed E-state index contributed by atoms with van der Waals surface area (Å²) in [5.74, 6) is 1.67. The Hall–Kier alpha value is -1.22. The van der Waals surface area contributed by atoms with E-state index in [-0.39, 0.29) is 6.04 Å². The van der Waals surface area contributed by atoms with Crippen molar-refractivity contribution >= 4 is 0 Å². The molecule has 0 radical (unpaired) electrons. The Balaban J connectivity index is 2.41. The first kappa shape index (κ1) is 16.8. The predicted molar refractivity (Wildman–Crippen MR) is 84.5 cm³/mol. The smallest absolute Gasteiger partial charge is 0.127 e. The third-order valence-corrected chi connectivity index (χ3v) is 3.47. The molecule has 0 aliphatic heterocycles. The number of unbranched alkanes of at least 4 members (excludes halogenated alkanes) is 5. The van der Waals surface area contributed by atoms with Crippen molar-refractivity contribution in [3.8, 4) is 11.5 Å². The molecule has 1 aromatic carbocycles.